The number of nitrogens with zero attached hydrogens (tertiary/aromatic N) is 1. The van der Waals surface area contributed by atoms with Crippen molar-refractivity contribution in [2.24, 2.45) is 5.41 Å². The SMILES string of the molecule is C=C1C(=O)[C@@]2(C(=O)N1OC)/C(=C/CC)C=CC(=O)[C@H]2O. The van der Waals surface area contributed by atoms with Crippen molar-refractivity contribution in [3.05, 3.63) is 36.1 Å². The molecule has 106 valence electrons. The van der Waals surface area contributed by atoms with Gasteiger partial charge in [-0.15, -0.1) is 0 Å². The minimum absolute atomic E-state index is 0.193. The first-order valence-corrected chi connectivity index (χ1v) is 6.15. The van der Waals surface area contributed by atoms with Crippen LogP contribution in [0, 0.1) is 5.41 Å². The first-order chi connectivity index (χ1) is 9.42. The minimum atomic E-state index is -1.96. The first-order valence-electron chi connectivity index (χ1n) is 6.15. The van der Waals surface area contributed by atoms with Gasteiger partial charge in [0.1, 0.15) is 11.8 Å². The van der Waals surface area contributed by atoms with Crippen molar-refractivity contribution in [2.45, 2.75) is 19.4 Å². The Balaban J connectivity index is 2.72. The molecule has 1 aliphatic carbocycles. The second-order valence-corrected chi connectivity index (χ2v) is 4.57. The number of ketones is 2. The lowest BCUT2D eigenvalue weighted by atomic mass is 9.68. The van der Waals surface area contributed by atoms with Crippen LogP contribution in [0.3, 0.4) is 0 Å². The first kappa shape index (κ1) is 14.4. The fourth-order valence-electron chi connectivity index (χ4n) is 2.60. The van der Waals surface area contributed by atoms with Gasteiger partial charge in [-0.1, -0.05) is 25.7 Å². The van der Waals surface area contributed by atoms with Gasteiger partial charge < -0.3 is 5.11 Å². The molecule has 0 saturated carbocycles. The lowest BCUT2D eigenvalue weighted by molar-refractivity contribution is -0.170. The zero-order valence-corrected chi connectivity index (χ0v) is 11.3. The fraction of sp³-hybridized carbons (Fsp3) is 0.357. The van der Waals surface area contributed by atoms with Crippen LogP contribution in [-0.2, 0) is 19.2 Å². The summed E-state index contributed by atoms with van der Waals surface area (Å²) in [6.45, 7) is 5.32. The highest BCUT2D eigenvalue weighted by Crippen LogP contribution is 2.46. The van der Waals surface area contributed by atoms with Crippen LogP contribution in [0.1, 0.15) is 13.3 Å². The quantitative estimate of drug-likeness (QED) is 0.579. The summed E-state index contributed by atoms with van der Waals surface area (Å²) < 4.78 is 0. The van der Waals surface area contributed by atoms with Gasteiger partial charge >= 0.3 is 0 Å². The van der Waals surface area contributed by atoms with Crippen LogP contribution in [0.2, 0.25) is 0 Å². The second-order valence-electron chi connectivity index (χ2n) is 4.57. The third-order valence-electron chi connectivity index (χ3n) is 3.56. The van der Waals surface area contributed by atoms with Gasteiger partial charge in [-0.25, -0.2) is 0 Å². The predicted molar refractivity (Wildman–Crippen MR) is 69.0 cm³/mol. The average Bonchev–Trinajstić information content (AvgIpc) is 2.61. The summed E-state index contributed by atoms with van der Waals surface area (Å²) in [5, 5.41) is 10.9. The van der Waals surface area contributed by atoms with Crippen molar-refractivity contribution in [3.8, 4) is 0 Å². The number of carbonyl (C=O) groups is 3. The van der Waals surface area contributed by atoms with E-state index in [9.17, 15) is 19.5 Å². The Kier molecular flexibility index (Phi) is 3.45. The van der Waals surface area contributed by atoms with Gasteiger partial charge in [-0.3, -0.25) is 19.2 Å². The number of allylic oxidation sites excluding steroid dienone is 3. The highest BCUT2D eigenvalue weighted by atomic mass is 16.7. The summed E-state index contributed by atoms with van der Waals surface area (Å²) in [6, 6.07) is 0. The molecule has 0 aromatic rings. The molecule has 0 aromatic heterocycles. The maximum absolute atomic E-state index is 12.5. The zero-order chi connectivity index (χ0) is 15.1. The molecule has 1 fully saturated rings. The standard InChI is InChI=1S/C14H15NO5/c1-4-5-9-6-7-10(16)12(18)14(9)11(17)8(2)15(20-3)13(14)19/h5-7,12,18H,2,4H2,1,3H3/b9-5+/t12-,14+/m1/s1. The van der Waals surface area contributed by atoms with Crippen LogP contribution in [0.25, 0.3) is 0 Å². The van der Waals surface area contributed by atoms with Gasteiger partial charge in [-0.05, 0) is 18.1 Å². The lowest BCUT2D eigenvalue weighted by Crippen LogP contribution is -2.52. The molecule has 0 unspecified atom stereocenters. The molecular weight excluding hydrogens is 262 g/mol. The lowest BCUT2D eigenvalue weighted by Gasteiger charge is -2.32. The molecule has 6 heteroatoms. The summed E-state index contributed by atoms with van der Waals surface area (Å²) in [7, 11) is 1.21. The van der Waals surface area contributed by atoms with Crippen LogP contribution >= 0.6 is 0 Å². The maximum Gasteiger partial charge on any atom is 0.272 e. The Labute approximate surface area is 116 Å². The number of carbonyl (C=O) groups excluding carboxylic acids is 3. The summed E-state index contributed by atoms with van der Waals surface area (Å²) in [5.41, 5.74) is -1.86. The molecule has 1 saturated heterocycles. The van der Waals surface area contributed by atoms with E-state index < -0.39 is 29.0 Å². The highest BCUT2D eigenvalue weighted by molar-refractivity contribution is 6.26. The van der Waals surface area contributed by atoms with Crippen molar-refractivity contribution in [2.75, 3.05) is 7.11 Å². The highest BCUT2D eigenvalue weighted by Gasteiger charge is 2.65. The Morgan fingerprint density at radius 2 is 2.10 bits per heavy atom. The van der Waals surface area contributed by atoms with Crippen molar-refractivity contribution in [1.82, 2.24) is 5.06 Å². The van der Waals surface area contributed by atoms with E-state index in [1.54, 1.807) is 6.08 Å². The largest absolute Gasteiger partial charge is 0.383 e. The predicted octanol–water partition coefficient (Wildman–Crippen LogP) is 0.295. The molecule has 0 aromatic carbocycles. The average molecular weight is 277 g/mol. The number of hydroxylamine groups is 2. The van der Waals surface area contributed by atoms with Crippen molar-refractivity contribution in [1.29, 1.82) is 0 Å². The van der Waals surface area contributed by atoms with E-state index in [1.165, 1.54) is 13.2 Å². The molecule has 0 radical (unpaired) electrons. The molecule has 0 bridgehead atoms. The monoisotopic (exact) mass is 277 g/mol. The molecular formula is C14H15NO5. The zero-order valence-electron chi connectivity index (χ0n) is 11.3. The number of rotatable bonds is 2. The molecule has 1 spiro atoms. The van der Waals surface area contributed by atoms with Gasteiger partial charge in [-0.2, -0.15) is 5.06 Å². The van der Waals surface area contributed by atoms with Gasteiger partial charge in [0.2, 0.25) is 5.78 Å². The van der Waals surface area contributed by atoms with E-state index in [1.807, 2.05) is 6.92 Å². The number of amides is 1. The molecule has 2 rings (SSSR count). The summed E-state index contributed by atoms with van der Waals surface area (Å²) in [4.78, 5) is 41.6. The summed E-state index contributed by atoms with van der Waals surface area (Å²) >= 11 is 0. The Bertz CT molecular complexity index is 574. The topological polar surface area (TPSA) is 83.9 Å². The van der Waals surface area contributed by atoms with Crippen LogP contribution in [0.4, 0.5) is 0 Å². The van der Waals surface area contributed by atoms with Gasteiger partial charge in [0.25, 0.3) is 5.91 Å². The summed E-state index contributed by atoms with van der Waals surface area (Å²) in [5.74, 6) is -2.19. The normalized spacial score (nSPS) is 32.0. The van der Waals surface area contributed by atoms with Crippen LogP contribution in [0.5, 0.6) is 0 Å². The van der Waals surface area contributed by atoms with E-state index >= 15 is 0 Å². The number of Topliss-reactive ketones (excluding diaryl/α,β-unsaturated/α-hetero) is 1. The van der Waals surface area contributed by atoms with E-state index in [0.29, 0.717) is 12.0 Å². The number of hydrogen-bond donors (Lipinski definition) is 1. The van der Waals surface area contributed by atoms with Crippen molar-refractivity contribution < 1.29 is 24.3 Å². The van der Waals surface area contributed by atoms with E-state index in [2.05, 4.69) is 6.58 Å². The Hall–Kier alpha value is -2.05. The van der Waals surface area contributed by atoms with Gasteiger partial charge in [0, 0.05) is 0 Å². The van der Waals surface area contributed by atoms with Crippen molar-refractivity contribution >= 4 is 17.5 Å². The third kappa shape index (κ3) is 1.55. The molecule has 6 nitrogen and oxygen atoms in total. The molecule has 1 N–H and O–H groups in total. The van der Waals surface area contributed by atoms with E-state index in [4.69, 9.17) is 4.84 Å². The maximum atomic E-state index is 12.5. The minimum Gasteiger partial charge on any atom is -0.383 e. The third-order valence-corrected chi connectivity index (χ3v) is 3.56. The molecule has 2 atom stereocenters. The van der Waals surface area contributed by atoms with Crippen LogP contribution in [-0.4, -0.2) is 40.9 Å². The molecule has 1 heterocycles. The molecule has 1 aliphatic heterocycles. The van der Waals surface area contributed by atoms with Crippen LogP contribution in [0.15, 0.2) is 36.1 Å². The Morgan fingerprint density at radius 1 is 1.45 bits per heavy atom. The number of hydrogen-bond acceptors (Lipinski definition) is 5. The Morgan fingerprint density at radius 3 is 2.60 bits per heavy atom. The van der Waals surface area contributed by atoms with Crippen LogP contribution < -0.4 is 0 Å². The molecule has 20 heavy (non-hydrogen) atoms. The smallest absolute Gasteiger partial charge is 0.272 e. The second kappa shape index (κ2) is 4.81. The van der Waals surface area contributed by atoms with Gasteiger partial charge in [0.15, 0.2) is 11.2 Å². The van der Waals surface area contributed by atoms with Gasteiger partial charge in [0.05, 0.1) is 7.11 Å². The number of aliphatic hydroxyl groups is 1. The fourth-order valence-corrected chi connectivity index (χ4v) is 2.60. The molecule has 2 aliphatic rings. The van der Waals surface area contributed by atoms with E-state index in [-0.39, 0.29) is 5.70 Å². The number of aliphatic hydroxyl groups excluding tert-OH is 1. The molecule has 1 amide bonds. The summed E-state index contributed by atoms with van der Waals surface area (Å²) in [6.07, 6.45) is 2.97. The van der Waals surface area contributed by atoms with E-state index in [0.717, 1.165) is 11.1 Å². The van der Waals surface area contributed by atoms with Crippen molar-refractivity contribution in [3.63, 3.8) is 0 Å².